The lowest BCUT2D eigenvalue weighted by Crippen LogP contribution is -2.35. The highest BCUT2D eigenvalue weighted by Gasteiger charge is 2.17. The maximum absolute atomic E-state index is 14.1. The number of aryl methyl sites for hydroxylation is 1. The molecule has 39 heavy (non-hydrogen) atoms. The van der Waals surface area contributed by atoms with Crippen LogP contribution in [0, 0.1) is 11.8 Å². The molecular formula is C33H50FN5. The number of hydrogen-bond acceptors (Lipinski definition) is 5. The molecule has 2 atom stereocenters. The van der Waals surface area contributed by atoms with Crippen LogP contribution in [0.1, 0.15) is 71.9 Å². The number of nitrogens with zero attached hydrogens (tertiary/aromatic N) is 4. The van der Waals surface area contributed by atoms with E-state index in [0.29, 0.717) is 5.92 Å². The zero-order valence-electron chi connectivity index (χ0n) is 25.5. The van der Waals surface area contributed by atoms with Crippen LogP contribution >= 0.6 is 0 Å². The normalized spacial score (nSPS) is 14.5. The van der Waals surface area contributed by atoms with Crippen LogP contribution in [0.4, 0.5) is 15.9 Å². The predicted molar refractivity (Wildman–Crippen MR) is 167 cm³/mol. The van der Waals surface area contributed by atoms with Gasteiger partial charge in [0.2, 0.25) is 0 Å². The summed E-state index contributed by atoms with van der Waals surface area (Å²) in [5.41, 5.74) is 5.04. The molecule has 0 aliphatic heterocycles. The number of nitrogens with one attached hydrogen (secondary N) is 1. The summed E-state index contributed by atoms with van der Waals surface area (Å²) in [6.07, 6.45) is 12.8. The third kappa shape index (κ3) is 10.2. The van der Waals surface area contributed by atoms with Gasteiger partial charge >= 0.3 is 0 Å². The Morgan fingerprint density at radius 1 is 1.08 bits per heavy atom. The summed E-state index contributed by atoms with van der Waals surface area (Å²) in [6, 6.07) is 8.36. The molecule has 2 rings (SSSR count). The van der Waals surface area contributed by atoms with Gasteiger partial charge in [-0.2, -0.15) is 0 Å². The second kappa shape index (κ2) is 16.9. The third-order valence-corrected chi connectivity index (χ3v) is 7.27. The fourth-order valence-electron chi connectivity index (χ4n) is 5.21. The van der Waals surface area contributed by atoms with Gasteiger partial charge in [-0.1, -0.05) is 70.9 Å². The molecule has 0 fully saturated rings. The van der Waals surface area contributed by atoms with Crippen LogP contribution in [-0.2, 0) is 6.42 Å². The molecule has 1 aromatic heterocycles. The standard InChI is InChI=1S/C33H50FN5/c1-9-15-27(10-2)23-38(7)21-25(5)22-39(8)33-32(20-35-24-36-33)37-31(19-18-29(34)12-4)26(6)30-17-14-13-16-28(30)11-3/h12-14,16-20,24-25,27,37H,9-11,15,21-23H2,1-8H3/b19-18-,29-12+,31-26-. The summed E-state index contributed by atoms with van der Waals surface area (Å²) in [7, 11) is 4.31. The maximum atomic E-state index is 14.1. The van der Waals surface area contributed by atoms with E-state index < -0.39 is 0 Å². The number of anilines is 2. The lowest BCUT2D eigenvalue weighted by atomic mass is 9.97. The van der Waals surface area contributed by atoms with E-state index in [1.807, 2.05) is 6.07 Å². The van der Waals surface area contributed by atoms with Crippen LogP contribution in [0.2, 0.25) is 0 Å². The lowest BCUT2D eigenvalue weighted by Gasteiger charge is -2.29. The molecule has 0 aliphatic carbocycles. The van der Waals surface area contributed by atoms with Crippen LogP contribution in [0.3, 0.4) is 0 Å². The number of rotatable bonds is 16. The molecule has 1 aromatic carbocycles. The minimum atomic E-state index is -0.283. The predicted octanol–water partition coefficient (Wildman–Crippen LogP) is 8.14. The summed E-state index contributed by atoms with van der Waals surface area (Å²) in [6.45, 7) is 15.8. The van der Waals surface area contributed by atoms with Gasteiger partial charge in [0.1, 0.15) is 17.8 Å². The minimum absolute atomic E-state index is 0.283. The quantitative estimate of drug-likeness (QED) is 0.220. The molecule has 2 aromatic rings. The molecule has 214 valence electrons. The Labute approximate surface area is 236 Å². The van der Waals surface area contributed by atoms with Gasteiger partial charge in [0.25, 0.3) is 0 Å². The molecule has 1 N–H and O–H groups in total. The van der Waals surface area contributed by atoms with Crippen molar-refractivity contribution in [2.75, 3.05) is 43.9 Å². The highest BCUT2D eigenvalue weighted by Crippen LogP contribution is 2.29. The van der Waals surface area contributed by atoms with Gasteiger partial charge in [-0.3, -0.25) is 0 Å². The Morgan fingerprint density at radius 2 is 1.82 bits per heavy atom. The summed E-state index contributed by atoms with van der Waals surface area (Å²) >= 11 is 0. The Hall–Kier alpha value is -2.99. The maximum Gasteiger partial charge on any atom is 0.155 e. The van der Waals surface area contributed by atoms with Gasteiger partial charge < -0.3 is 15.1 Å². The van der Waals surface area contributed by atoms with E-state index in [0.717, 1.165) is 60.3 Å². The highest BCUT2D eigenvalue weighted by molar-refractivity contribution is 5.77. The van der Waals surface area contributed by atoms with Crippen molar-refractivity contribution in [3.63, 3.8) is 0 Å². The Kier molecular flexibility index (Phi) is 13.9. The van der Waals surface area contributed by atoms with E-state index in [-0.39, 0.29) is 5.83 Å². The lowest BCUT2D eigenvalue weighted by molar-refractivity contribution is 0.234. The van der Waals surface area contributed by atoms with Gasteiger partial charge in [0.05, 0.1) is 6.20 Å². The van der Waals surface area contributed by atoms with Crippen molar-refractivity contribution in [1.29, 1.82) is 0 Å². The topological polar surface area (TPSA) is 44.3 Å². The first kappa shape index (κ1) is 32.2. The molecular weight excluding hydrogens is 485 g/mol. The average Bonchev–Trinajstić information content (AvgIpc) is 2.94. The van der Waals surface area contributed by atoms with Crippen molar-refractivity contribution in [3.8, 4) is 0 Å². The molecule has 0 saturated heterocycles. The molecule has 0 radical (unpaired) electrons. The number of aromatic nitrogens is 2. The van der Waals surface area contributed by atoms with Gasteiger partial charge in [0.15, 0.2) is 5.82 Å². The monoisotopic (exact) mass is 535 g/mol. The molecule has 0 saturated carbocycles. The van der Waals surface area contributed by atoms with Crippen molar-refractivity contribution in [1.82, 2.24) is 14.9 Å². The zero-order chi connectivity index (χ0) is 28.8. The van der Waals surface area contributed by atoms with Gasteiger partial charge in [-0.15, -0.1) is 0 Å². The average molecular weight is 536 g/mol. The van der Waals surface area contributed by atoms with Crippen LogP contribution in [0.25, 0.3) is 5.57 Å². The second-order valence-corrected chi connectivity index (χ2v) is 10.7. The van der Waals surface area contributed by atoms with Crippen LogP contribution in [0.15, 0.2) is 66.5 Å². The third-order valence-electron chi connectivity index (χ3n) is 7.27. The summed E-state index contributed by atoms with van der Waals surface area (Å²) in [5.74, 6) is 1.76. The Bertz CT molecular complexity index is 1110. The van der Waals surface area contributed by atoms with E-state index in [9.17, 15) is 4.39 Å². The molecule has 0 aliphatic rings. The smallest absolute Gasteiger partial charge is 0.155 e. The SMILES string of the molecule is C\C=C(F)/C=C\C(Nc1cncnc1N(C)CC(C)CN(C)CC(CC)CCC)=C(/C)c1ccccc1CC. The fraction of sp³-hybridized carbons (Fsp3) is 0.515. The van der Waals surface area contributed by atoms with E-state index in [4.69, 9.17) is 0 Å². The van der Waals surface area contributed by atoms with E-state index >= 15 is 0 Å². The largest absolute Gasteiger partial charge is 0.358 e. The van der Waals surface area contributed by atoms with E-state index in [1.165, 1.54) is 37.0 Å². The summed E-state index contributed by atoms with van der Waals surface area (Å²) in [5, 5.41) is 3.54. The highest BCUT2D eigenvalue weighted by atomic mass is 19.1. The second-order valence-electron chi connectivity index (χ2n) is 10.7. The van der Waals surface area contributed by atoms with Crippen LogP contribution in [0.5, 0.6) is 0 Å². The first-order chi connectivity index (χ1) is 18.7. The molecule has 0 amide bonds. The summed E-state index contributed by atoms with van der Waals surface area (Å²) in [4.78, 5) is 13.6. The Balaban J connectivity index is 2.29. The van der Waals surface area contributed by atoms with Gasteiger partial charge in [0, 0.05) is 32.4 Å². The van der Waals surface area contributed by atoms with Crippen molar-refractivity contribution in [3.05, 3.63) is 77.7 Å². The molecule has 0 spiro atoms. The van der Waals surface area contributed by atoms with Crippen molar-refractivity contribution in [2.45, 2.75) is 67.2 Å². The molecule has 1 heterocycles. The number of allylic oxidation sites excluding steroid dienone is 5. The minimum Gasteiger partial charge on any atom is -0.358 e. The first-order valence-electron chi connectivity index (χ1n) is 14.5. The zero-order valence-corrected chi connectivity index (χ0v) is 25.5. The first-order valence-corrected chi connectivity index (χ1v) is 14.5. The Morgan fingerprint density at radius 3 is 2.49 bits per heavy atom. The molecule has 6 heteroatoms. The van der Waals surface area contributed by atoms with Gasteiger partial charge in [-0.25, -0.2) is 14.4 Å². The molecule has 2 unspecified atom stereocenters. The van der Waals surface area contributed by atoms with E-state index in [1.54, 1.807) is 25.5 Å². The number of benzene rings is 1. The number of halogens is 1. The van der Waals surface area contributed by atoms with E-state index in [2.05, 4.69) is 92.0 Å². The summed E-state index contributed by atoms with van der Waals surface area (Å²) < 4.78 is 14.1. The van der Waals surface area contributed by atoms with Crippen molar-refractivity contribution >= 4 is 17.1 Å². The molecule has 5 nitrogen and oxygen atoms in total. The van der Waals surface area contributed by atoms with Crippen LogP contribution < -0.4 is 10.2 Å². The van der Waals surface area contributed by atoms with Crippen LogP contribution in [-0.4, -0.2) is 48.6 Å². The molecule has 0 bridgehead atoms. The van der Waals surface area contributed by atoms with Gasteiger partial charge in [-0.05, 0) is 74.4 Å². The fourth-order valence-corrected chi connectivity index (χ4v) is 5.21. The number of hydrogen-bond donors (Lipinski definition) is 1. The van der Waals surface area contributed by atoms with Crippen molar-refractivity contribution < 1.29 is 4.39 Å². The van der Waals surface area contributed by atoms with Crippen molar-refractivity contribution in [2.24, 2.45) is 11.8 Å².